The molecule has 3 aromatic rings. The lowest BCUT2D eigenvalue weighted by Crippen LogP contribution is -2.32. The predicted octanol–water partition coefficient (Wildman–Crippen LogP) is 2.68. The molecule has 1 aliphatic heterocycles. The Hall–Kier alpha value is -3.16. The van der Waals surface area contributed by atoms with Gasteiger partial charge in [0.15, 0.2) is 5.65 Å². The molecule has 8 heteroatoms. The minimum atomic E-state index is -0.298. The van der Waals surface area contributed by atoms with E-state index >= 15 is 0 Å². The second-order valence-electron chi connectivity index (χ2n) is 7.19. The molecule has 1 aliphatic rings. The van der Waals surface area contributed by atoms with Crippen LogP contribution in [0.3, 0.4) is 0 Å². The molecule has 0 atom stereocenters. The van der Waals surface area contributed by atoms with Crippen LogP contribution < -0.4 is 15.0 Å². The molecule has 2 aromatic heterocycles. The van der Waals surface area contributed by atoms with Crippen molar-refractivity contribution in [3.8, 4) is 5.75 Å². The number of hydrogen-bond acceptors (Lipinski definition) is 6. The van der Waals surface area contributed by atoms with E-state index in [1.165, 1.54) is 6.42 Å². The van der Waals surface area contributed by atoms with Crippen molar-refractivity contribution >= 4 is 22.8 Å². The molecule has 0 aliphatic carbocycles. The number of amides is 1. The maximum Gasteiger partial charge on any atom is 0.289 e. The summed E-state index contributed by atoms with van der Waals surface area (Å²) >= 11 is 0. The van der Waals surface area contributed by atoms with E-state index in [0.29, 0.717) is 18.8 Å². The van der Waals surface area contributed by atoms with E-state index in [2.05, 4.69) is 25.3 Å². The van der Waals surface area contributed by atoms with Crippen LogP contribution in [0, 0.1) is 0 Å². The summed E-state index contributed by atoms with van der Waals surface area (Å²) in [5.74, 6) is 1.46. The summed E-state index contributed by atoms with van der Waals surface area (Å²) in [6.45, 7) is 4.80. The molecule has 8 nitrogen and oxygen atoms in total. The number of hydrogen-bond donors (Lipinski definition) is 1. The number of aromatic nitrogens is 4. The smallest absolute Gasteiger partial charge is 0.289 e. The van der Waals surface area contributed by atoms with Gasteiger partial charge in [-0.15, -0.1) is 0 Å². The van der Waals surface area contributed by atoms with Crippen LogP contribution in [0.2, 0.25) is 0 Å². The molecular weight excluding hydrogens is 368 g/mol. The molecule has 29 heavy (non-hydrogen) atoms. The Kier molecular flexibility index (Phi) is 5.59. The predicted molar refractivity (Wildman–Crippen MR) is 111 cm³/mol. The van der Waals surface area contributed by atoms with Crippen molar-refractivity contribution in [2.45, 2.75) is 32.7 Å². The third-order valence-corrected chi connectivity index (χ3v) is 5.09. The quantitative estimate of drug-likeness (QED) is 0.692. The summed E-state index contributed by atoms with van der Waals surface area (Å²) < 4.78 is 7.21. The Morgan fingerprint density at radius 2 is 2.03 bits per heavy atom. The molecule has 0 unspecified atom stereocenters. The molecule has 0 spiro atoms. The van der Waals surface area contributed by atoms with E-state index in [4.69, 9.17) is 4.74 Å². The summed E-state index contributed by atoms with van der Waals surface area (Å²) in [5.41, 5.74) is 1.63. The molecule has 4 rings (SSSR count). The fourth-order valence-corrected chi connectivity index (χ4v) is 3.63. The van der Waals surface area contributed by atoms with E-state index in [1.54, 1.807) is 10.9 Å². The highest BCUT2D eigenvalue weighted by atomic mass is 16.5. The van der Waals surface area contributed by atoms with E-state index < -0.39 is 0 Å². The number of benzene rings is 1. The SMILES string of the molecule is CCOc1cccc(CNC(=O)c2nc(N3CCCCC3)c3cnn(C)c3n2)c1. The van der Waals surface area contributed by atoms with E-state index in [-0.39, 0.29) is 11.7 Å². The zero-order chi connectivity index (χ0) is 20.2. The number of carbonyl (C=O) groups excluding carboxylic acids is 1. The van der Waals surface area contributed by atoms with Gasteiger partial charge in [0.25, 0.3) is 5.91 Å². The molecular formula is C21H26N6O2. The summed E-state index contributed by atoms with van der Waals surface area (Å²) in [5, 5.41) is 8.12. The molecule has 1 aromatic carbocycles. The first-order valence-corrected chi connectivity index (χ1v) is 10.1. The molecule has 0 bridgehead atoms. The Morgan fingerprint density at radius 3 is 2.83 bits per heavy atom. The lowest BCUT2D eigenvalue weighted by Gasteiger charge is -2.28. The minimum Gasteiger partial charge on any atom is -0.494 e. The van der Waals surface area contributed by atoms with Gasteiger partial charge in [-0.3, -0.25) is 9.48 Å². The first-order chi connectivity index (χ1) is 14.2. The van der Waals surface area contributed by atoms with Gasteiger partial charge >= 0.3 is 0 Å². The molecule has 1 amide bonds. The molecule has 0 radical (unpaired) electrons. The normalized spacial score (nSPS) is 14.2. The van der Waals surface area contributed by atoms with Crippen LogP contribution in [-0.4, -0.2) is 45.4 Å². The zero-order valence-corrected chi connectivity index (χ0v) is 16.9. The number of piperidine rings is 1. The highest BCUT2D eigenvalue weighted by Gasteiger charge is 2.21. The van der Waals surface area contributed by atoms with Gasteiger partial charge in [0.05, 0.1) is 18.2 Å². The summed E-state index contributed by atoms with van der Waals surface area (Å²) in [6, 6.07) is 7.69. The van der Waals surface area contributed by atoms with E-state index in [0.717, 1.165) is 48.4 Å². The molecule has 0 saturated carbocycles. The molecule has 152 valence electrons. The van der Waals surface area contributed by atoms with Gasteiger partial charge in [0.1, 0.15) is 11.6 Å². The monoisotopic (exact) mass is 394 g/mol. The van der Waals surface area contributed by atoms with Crippen molar-refractivity contribution in [1.29, 1.82) is 0 Å². The van der Waals surface area contributed by atoms with Crippen molar-refractivity contribution in [2.24, 2.45) is 7.05 Å². The van der Waals surface area contributed by atoms with Crippen LogP contribution in [0.4, 0.5) is 5.82 Å². The van der Waals surface area contributed by atoms with Gasteiger partial charge in [-0.2, -0.15) is 5.10 Å². The van der Waals surface area contributed by atoms with Crippen molar-refractivity contribution in [1.82, 2.24) is 25.1 Å². The van der Waals surface area contributed by atoms with Gasteiger partial charge in [-0.1, -0.05) is 12.1 Å². The number of fused-ring (bicyclic) bond motifs is 1. The second-order valence-corrected chi connectivity index (χ2v) is 7.19. The van der Waals surface area contributed by atoms with E-state index in [9.17, 15) is 4.79 Å². The molecule has 3 heterocycles. The first-order valence-electron chi connectivity index (χ1n) is 10.1. The Balaban J connectivity index is 1.57. The van der Waals surface area contributed by atoms with Crippen molar-refractivity contribution in [3.05, 3.63) is 41.9 Å². The van der Waals surface area contributed by atoms with Crippen molar-refractivity contribution in [3.63, 3.8) is 0 Å². The Morgan fingerprint density at radius 1 is 1.21 bits per heavy atom. The van der Waals surface area contributed by atoms with Gasteiger partial charge in [0, 0.05) is 26.7 Å². The highest BCUT2D eigenvalue weighted by molar-refractivity contribution is 5.95. The molecule has 1 fully saturated rings. The van der Waals surface area contributed by atoms with Crippen molar-refractivity contribution < 1.29 is 9.53 Å². The van der Waals surface area contributed by atoms with Crippen LogP contribution in [0.25, 0.3) is 11.0 Å². The largest absolute Gasteiger partial charge is 0.494 e. The van der Waals surface area contributed by atoms with Crippen molar-refractivity contribution in [2.75, 3.05) is 24.6 Å². The topological polar surface area (TPSA) is 85.2 Å². The number of aryl methyl sites for hydroxylation is 1. The number of nitrogens with zero attached hydrogens (tertiary/aromatic N) is 5. The van der Waals surface area contributed by atoms with Gasteiger partial charge in [-0.05, 0) is 43.9 Å². The first kappa shape index (κ1) is 19.2. The lowest BCUT2D eigenvalue weighted by atomic mass is 10.1. The van der Waals surface area contributed by atoms with Crippen LogP contribution in [-0.2, 0) is 13.6 Å². The van der Waals surface area contributed by atoms with Gasteiger partial charge < -0.3 is 15.0 Å². The minimum absolute atomic E-state index is 0.169. The number of nitrogens with one attached hydrogen (secondary N) is 1. The molecule has 1 N–H and O–H groups in total. The Bertz CT molecular complexity index is 1010. The number of anilines is 1. The average Bonchev–Trinajstić information content (AvgIpc) is 3.13. The van der Waals surface area contributed by atoms with E-state index in [1.807, 2.05) is 38.2 Å². The third kappa shape index (κ3) is 4.16. The van der Waals surface area contributed by atoms with Gasteiger partial charge in [0.2, 0.25) is 5.82 Å². The standard InChI is InChI=1S/C21H26N6O2/c1-3-29-16-9-7-8-15(12-16)13-22-21(28)18-24-19-17(14-23-26(19)2)20(25-18)27-10-5-4-6-11-27/h7-9,12,14H,3-6,10-11,13H2,1-2H3,(H,22,28). The number of rotatable bonds is 6. The summed E-state index contributed by atoms with van der Waals surface area (Å²) in [6.07, 6.45) is 5.26. The van der Waals surface area contributed by atoms with Crippen LogP contribution in [0.5, 0.6) is 5.75 Å². The fourth-order valence-electron chi connectivity index (χ4n) is 3.63. The molecule has 1 saturated heterocycles. The van der Waals surface area contributed by atoms with Crippen LogP contribution >= 0.6 is 0 Å². The van der Waals surface area contributed by atoms with Gasteiger partial charge in [-0.25, -0.2) is 9.97 Å². The second kappa shape index (κ2) is 8.46. The fraction of sp³-hybridized carbons (Fsp3) is 0.429. The summed E-state index contributed by atoms with van der Waals surface area (Å²) in [7, 11) is 1.83. The summed E-state index contributed by atoms with van der Waals surface area (Å²) in [4.78, 5) is 24.2. The zero-order valence-electron chi connectivity index (χ0n) is 16.9. The van der Waals surface area contributed by atoms with Crippen LogP contribution in [0.1, 0.15) is 42.4 Å². The average molecular weight is 394 g/mol. The maximum atomic E-state index is 12.8. The maximum absolute atomic E-state index is 12.8. The lowest BCUT2D eigenvalue weighted by molar-refractivity contribution is 0.0940. The highest BCUT2D eigenvalue weighted by Crippen LogP contribution is 2.26. The number of carbonyl (C=O) groups is 1. The Labute approximate surface area is 169 Å². The third-order valence-electron chi connectivity index (χ3n) is 5.09. The van der Waals surface area contributed by atoms with Crippen LogP contribution in [0.15, 0.2) is 30.5 Å². The number of ether oxygens (including phenoxy) is 1.